The zero-order chi connectivity index (χ0) is 19.0. The van der Waals surface area contributed by atoms with E-state index in [1.165, 1.54) is 24.2 Å². The van der Waals surface area contributed by atoms with Crippen LogP contribution in [0.1, 0.15) is 42.9 Å². The third-order valence-corrected chi connectivity index (χ3v) is 7.53. The number of rotatable bonds is 5. The Kier molecular flexibility index (Phi) is 4.82. The summed E-state index contributed by atoms with van der Waals surface area (Å²) in [4.78, 5) is 1.12. The van der Waals surface area contributed by atoms with Crippen LogP contribution in [-0.2, 0) is 10.0 Å². The Bertz CT molecular complexity index is 1050. The van der Waals surface area contributed by atoms with Gasteiger partial charge in [0.2, 0.25) is 0 Å². The van der Waals surface area contributed by atoms with Crippen molar-refractivity contribution in [2.75, 3.05) is 4.72 Å². The average Bonchev–Trinajstić information content (AvgIpc) is 3.39. The van der Waals surface area contributed by atoms with Crippen LogP contribution in [0.25, 0.3) is 10.6 Å². The Labute approximate surface area is 164 Å². The minimum Gasteiger partial charge on any atom is -0.279 e. The average molecular weight is 402 g/mol. The van der Waals surface area contributed by atoms with E-state index in [4.69, 9.17) is 5.10 Å². The molecule has 4 rings (SSSR count). The molecule has 1 saturated carbocycles. The van der Waals surface area contributed by atoms with Crippen molar-refractivity contribution in [2.24, 2.45) is 0 Å². The number of hydrogen-bond acceptors (Lipinski definition) is 4. The lowest BCUT2D eigenvalue weighted by atomic mass is 10.1. The first-order valence-corrected chi connectivity index (χ1v) is 11.5. The molecular weight excluding hydrogens is 378 g/mol. The van der Waals surface area contributed by atoms with Crippen LogP contribution in [0.5, 0.6) is 0 Å². The number of nitrogens with one attached hydrogen (secondary N) is 1. The minimum absolute atomic E-state index is 0.248. The number of benzene rings is 1. The number of nitrogens with zero attached hydrogens (tertiary/aromatic N) is 2. The SMILES string of the molecule is Cc1cccc(NS(=O)(=O)c2cn(C3CCCC3)nc2-c2cccs2)c1C. The standard InChI is InChI=1S/C20H23N3O2S2/c1-14-7-5-10-17(15(14)2)22-27(24,25)19-13-23(16-8-3-4-9-16)21-20(19)18-11-6-12-26-18/h5-7,10-13,16,22H,3-4,8-9H2,1-2H3. The van der Waals surface area contributed by atoms with E-state index in [-0.39, 0.29) is 10.9 Å². The summed E-state index contributed by atoms with van der Waals surface area (Å²) in [5, 5.41) is 6.63. The van der Waals surface area contributed by atoms with Crippen LogP contribution in [0.3, 0.4) is 0 Å². The van der Waals surface area contributed by atoms with Gasteiger partial charge in [-0.2, -0.15) is 5.10 Å². The minimum atomic E-state index is -3.74. The predicted octanol–water partition coefficient (Wildman–Crippen LogP) is 5.14. The fourth-order valence-corrected chi connectivity index (χ4v) is 5.63. The molecule has 0 saturated heterocycles. The summed E-state index contributed by atoms with van der Waals surface area (Å²) in [6.45, 7) is 3.90. The van der Waals surface area contributed by atoms with Crippen molar-refractivity contribution in [2.45, 2.75) is 50.5 Å². The largest absolute Gasteiger partial charge is 0.279 e. The summed E-state index contributed by atoms with van der Waals surface area (Å²) < 4.78 is 31.1. The molecule has 1 aliphatic carbocycles. The van der Waals surface area contributed by atoms with Crippen molar-refractivity contribution < 1.29 is 8.42 Å². The van der Waals surface area contributed by atoms with Crippen LogP contribution < -0.4 is 4.72 Å². The van der Waals surface area contributed by atoms with E-state index in [9.17, 15) is 8.42 Å². The molecule has 2 heterocycles. The Balaban J connectivity index is 1.77. The summed E-state index contributed by atoms with van der Waals surface area (Å²) >= 11 is 1.51. The summed E-state index contributed by atoms with van der Waals surface area (Å²) in [5.41, 5.74) is 3.13. The van der Waals surface area contributed by atoms with Crippen molar-refractivity contribution in [3.63, 3.8) is 0 Å². The van der Waals surface area contributed by atoms with E-state index >= 15 is 0 Å². The summed E-state index contributed by atoms with van der Waals surface area (Å²) in [7, 11) is -3.74. The molecule has 27 heavy (non-hydrogen) atoms. The maximum atomic E-state index is 13.2. The second-order valence-corrected chi connectivity index (χ2v) is 9.69. The van der Waals surface area contributed by atoms with Gasteiger partial charge in [0.05, 0.1) is 16.6 Å². The quantitative estimate of drug-likeness (QED) is 0.643. The first-order valence-electron chi connectivity index (χ1n) is 9.18. The van der Waals surface area contributed by atoms with Gasteiger partial charge in [0.25, 0.3) is 10.0 Å². The second kappa shape index (κ2) is 7.13. The number of anilines is 1. The highest BCUT2D eigenvalue weighted by Crippen LogP contribution is 2.35. The van der Waals surface area contributed by atoms with E-state index in [0.717, 1.165) is 28.8 Å². The van der Waals surface area contributed by atoms with E-state index in [1.807, 2.05) is 48.2 Å². The van der Waals surface area contributed by atoms with E-state index in [1.54, 1.807) is 12.3 Å². The number of aromatic nitrogens is 2. The topological polar surface area (TPSA) is 64.0 Å². The molecule has 0 aliphatic heterocycles. The third kappa shape index (κ3) is 3.53. The Morgan fingerprint density at radius 3 is 2.63 bits per heavy atom. The highest BCUT2D eigenvalue weighted by molar-refractivity contribution is 7.92. The molecule has 0 amide bonds. The maximum Gasteiger partial charge on any atom is 0.265 e. The highest BCUT2D eigenvalue weighted by atomic mass is 32.2. The molecule has 0 unspecified atom stereocenters. The van der Waals surface area contributed by atoms with Gasteiger partial charge in [-0.05, 0) is 55.3 Å². The molecule has 0 bridgehead atoms. The van der Waals surface area contributed by atoms with Gasteiger partial charge in [0.15, 0.2) is 0 Å². The predicted molar refractivity (Wildman–Crippen MR) is 110 cm³/mol. The molecule has 0 spiro atoms. The van der Waals surface area contributed by atoms with Crippen molar-refractivity contribution in [1.29, 1.82) is 0 Å². The highest BCUT2D eigenvalue weighted by Gasteiger charge is 2.28. The van der Waals surface area contributed by atoms with Crippen LogP contribution in [0.2, 0.25) is 0 Å². The first kappa shape index (κ1) is 18.3. The molecule has 7 heteroatoms. The van der Waals surface area contributed by atoms with Crippen LogP contribution in [0.15, 0.2) is 46.8 Å². The smallest absolute Gasteiger partial charge is 0.265 e. The normalized spacial score (nSPS) is 15.3. The first-order chi connectivity index (χ1) is 13.0. The Morgan fingerprint density at radius 2 is 1.93 bits per heavy atom. The van der Waals surface area contributed by atoms with E-state index in [2.05, 4.69) is 4.72 Å². The van der Waals surface area contributed by atoms with Gasteiger partial charge < -0.3 is 0 Å². The molecule has 1 N–H and O–H groups in total. The van der Waals surface area contributed by atoms with Gasteiger partial charge in [-0.3, -0.25) is 9.40 Å². The third-order valence-electron chi connectivity index (χ3n) is 5.29. The van der Waals surface area contributed by atoms with Crippen molar-refractivity contribution in [3.05, 3.63) is 53.0 Å². The molecule has 0 atom stereocenters. The van der Waals surface area contributed by atoms with Gasteiger partial charge in [0.1, 0.15) is 10.6 Å². The summed E-state index contributed by atoms with van der Waals surface area (Å²) in [5.74, 6) is 0. The van der Waals surface area contributed by atoms with Gasteiger partial charge in [0, 0.05) is 6.20 Å². The van der Waals surface area contributed by atoms with Gasteiger partial charge in [-0.1, -0.05) is 31.0 Å². The van der Waals surface area contributed by atoms with Crippen LogP contribution >= 0.6 is 11.3 Å². The Morgan fingerprint density at radius 1 is 1.15 bits per heavy atom. The van der Waals surface area contributed by atoms with Gasteiger partial charge in [-0.15, -0.1) is 11.3 Å². The Hall–Kier alpha value is -2.12. The fraction of sp³-hybridized carbons (Fsp3) is 0.350. The number of sulfonamides is 1. The molecule has 0 radical (unpaired) electrons. The molecule has 142 valence electrons. The van der Waals surface area contributed by atoms with E-state index in [0.29, 0.717) is 11.4 Å². The zero-order valence-corrected chi connectivity index (χ0v) is 17.1. The lowest BCUT2D eigenvalue weighted by Crippen LogP contribution is -2.14. The lowest BCUT2D eigenvalue weighted by molar-refractivity contribution is 0.467. The monoisotopic (exact) mass is 401 g/mol. The molecule has 3 aromatic rings. The number of thiophene rings is 1. The van der Waals surface area contributed by atoms with Crippen LogP contribution in [0, 0.1) is 13.8 Å². The van der Waals surface area contributed by atoms with Crippen LogP contribution in [-0.4, -0.2) is 18.2 Å². The summed E-state index contributed by atoms with van der Waals surface area (Å²) in [6.07, 6.45) is 6.15. The number of aryl methyl sites for hydroxylation is 1. The van der Waals surface area contributed by atoms with Gasteiger partial charge >= 0.3 is 0 Å². The van der Waals surface area contributed by atoms with Crippen molar-refractivity contribution >= 4 is 27.0 Å². The molecular formula is C20H23N3O2S2. The molecule has 1 fully saturated rings. The fourth-order valence-electron chi connectivity index (χ4n) is 3.57. The maximum absolute atomic E-state index is 13.2. The summed E-state index contributed by atoms with van der Waals surface area (Å²) in [6, 6.07) is 9.76. The van der Waals surface area contributed by atoms with E-state index < -0.39 is 10.0 Å². The molecule has 2 aromatic heterocycles. The zero-order valence-electron chi connectivity index (χ0n) is 15.5. The van der Waals surface area contributed by atoms with Gasteiger partial charge in [-0.25, -0.2) is 8.42 Å². The number of hydrogen-bond donors (Lipinski definition) is 1. The molecule has 1 aliphatic rings. The van der Waals surface area contributed by atoms with Crippen molar-refractivity contribution in [1.82, 2.24) is 9.78 Å². The molecule has 1 aromatic carbocycles. The van der Waals surface area contributed by atoms with Crippen LogP contribution in [0.4, 0.5) is 5.69 Å². The van der Waals surface area contributed by atoms with Crippen molar-refractivity contribution in [3.8, 4) is 10.6 Å². The lowest BCUT2D eigenvalue weighted by Gasteiger charge is -2.12. The molecule has 5 nitrogen and oxygen atoms in total. The second-order valence-electron chi connectivity index (χ2n) is 7.09.